The van der Waals surface area contributed by atoms with E-state index in [2.05, 4.69) is 20.2 Å². The molecule has 0 aromatic carbocycles. The van der Waals surface area contributed by atoms with E-state index in [1.807, 2.05) is 27.0 Å². The lowest BCUT2D eigenvalue weighted by atomic mass is 10.2. The molecule has 1 aliphatic heterocycles. The smallest absolute Gasteiger partial charge is 0.407 e. The quantitative estimate of drug-likeness (QED) is 0.870. The number of nitrogens with one attached hydrogen (secondary N) is 2. The van der Waals surface area contributed by atoms with E-state index in [1.54, 1.807) is 6.20 Å². The molecule has 2 heterocycles. The molecule has 1 amide bonds. The predicted molar refractivity (Wildman–Crippen MR) is 71.6 cm³/mol. The Hall–Kier alpha value is -1.56. The summed E-state index contributed by atoms with van der Waals surface area (Å²) < 4.78 is 5.25. The van der Waals surface area contributed by atoms with Crippen LogP contribution in [0, 0.1) is 0 Å². The van der Waals surface area contributed by atoms with Crippen molar-refractivity contribution in [1.29, 1.82) is 0 Å². The number of imidazole rings is 1. The monoisotopic (exact) mass is 266 g/mol. The third-order valence-electron chi connectivity index (χ3n) is 2.92. The van der Waals surface area contributed by atoms with Gasteiger partial charge in [0.1, 0.15) is 11.4 Å². The number of carbonyl (C=O) groups is 1. The molecule has 6 heteroatoms. The molecule has 19 heavy (non-hydrogen) atoms. The molecule has 2 rings (SSSR count). The van der Waals surface area contributed by atoms with Gasteiger partial charge in [-0.1, -0.05) is 0 Å². The fourth-order valence-corrected chi connectivity index (χ4v) is 2.16. The van der Waals surface area contributed by atoms with Crippen molar-refractivity contribution < 1.29 is 9.53 Å². The molecular weight excluding hydrogens is 244 g/mol. The van der Waals surface area contributed by atoms with Crippen molar-refractivity contribution in [3.05, 3.63) is 18.2 Å². The number of ether oxygens (including phenoxy) is 1. The van der Waals surface area contributed by atoms with Crippen LogP contribution in [0.15, 0.2) is 12.4 Å². The van der Waals surface area contributed by atoms with Gasteiger partial charge in [0.2, 0.25) is 0 Å². The van der Waals surface area contributed by atoms with Gasteiger partial charge in [0.25, 0.3) is 0 Å². The van der Waals surface area contributed by atoms with E-state index < -0.39 is 5.60 Å². The van der Waals surface area contributed by atoms with Crippen molar-refractivity contribution in [2.75, 3.05) is 13.1 Å². The van der Waals surface area contributed by atoms with Crippen molar-refractivity contribution in [3.8, 4) is 0 Å². The van der Waals surface area contributed by atoms with E-state index >= 15 is 0 Å². The second kappa shape index (κ2) is 5.61. The lowest BCUT2D eigenvalue weighted by Gasteiger charge is -2.22. The Morgan fingerprint density at radius 2 is 2.42 bits per heavy atom. The van der Waals surface area contributed by atoms with Gasteiger partial charge in [-0.2, -0.15) is 0 Å². The normalized spacial score (nSPS) is 20.5. The zero-order chi connectivity index (χ0) is 13.9. The number of aromatic amines is 1. The Labute approximate surface area is 113 Å². The average Bonchev–Trinajstić information content (AvgIpc) is 2.88. The van der Waals surface area contributed by atoms with Crippen molar-refractivity contribution in [3.63, 3.8) is 0 Å². The Morgan fingerprint density at radius 1 is 1.63 bits per heavy atom. The van der Waals surface area contributed by atoms with Crippen molar-refractivity contribution in [1.82, 2.24) is 20.2 Å². The summed E-state index contributed by atoms with van der Waals surface area (Å²) in [5.74, 6) is 0.956. The van der Waals surface area contributed by atoms with Crippen LogP contribution < -0.4 is 5.32 Å². The van der Waals surface area contributed by atoms with Crippen LogP contribution in [-0.4, -0.2) is 45.7 Å². The lowest BCUT2D eigenvalue weighted by Crippen LogP contribution is -2.40. The predicted octanol–water partition coefficient (Wildman–Crippen LogP) is 1.51. The van der Waals surface area contributed by atoms with E-state index in [1.165, 1.54) is 0 Å². The van der Waals surface area contributed by atoms with Crippen LogP contribution in [0.2, 0.25) is 0 Å². The zero-order valence-corrected chi connectivity index (χ0v) is 11.8. The van der Waals surface area contributed by atoms with E-state index in [4.69, 9.17) is 4.74 Å². The summed E-state index contributed by atoms with van der Waals surface area (Å²) in [5.41, 5.74) is -0.448. The molecule has 0 bridgehead atoms. The maximum absolute atomic E-state index is 11.7. The highest BCUT2D eigenvalue weighted by atomic mass is 16.6. The van der Waals surface area contributed by atoms with Gasteiger partial charge < -0.3 is 15.0 Å². The molecule has 1 aromatic heterocycles. The number of likely N-dealkylation sites (tertiary alicyclic amines) is 1. The molecule has 1 aliphatic rings. The molecule has 0 unspecified atom stereocenters. The van der Waals surface area contributed by atoms with Gasteiger partial charge >= 0.3 is 6.09 Å². The van der Waals surface area contributed by atoms with Crippen molar-refractivity contribution >= 4 is 6.09 Å². The number of hydrogen-bond donors (Lipinski definition) is 2. The van der Waals surface area contributed by atoms with E-state index in [-0.39, 0.29) is 12.1 Å². The molecule has 0 aliphatic carbocycles. The second-order valence-corrected chi connectivity index (χ2v) is 5.90. The molecule has 1 aromatic rings. The number of hydrogen-bond acceptors (Lipinski definition) is 4. The van der Waals surface area contributed by atoms with Crippen molar-refractivity contribution in [2.24, 2.45) is 0 Å². The minimum absolute atomic E-state index is 0.157. The fraction of sp³-hybridized carbons (Fsp3) is 0.692. The molecule has 6 nitrogen and oxygen atoms in total. The Kier molecular flexibility index (Phi) is 4.09. The fourth-order valence-electron chi connectivity index (χ4n) is 2.16. The van der Waals surface area contributed by atoms with Crippen LogP contribution >= 0.6 is 0 Å². The van der Waals surface area contributed by atoms with Gasteiger partial charge in [-0.15, -0.1) is 0 Å². The number of nitrogens with zero attached hydrogens (tertiary/aromatic N) is 2. The molecule has 1 fully saturated rings. The maximum Gasteiger partial charge on any atom is 0.407 e. The number of alkyl carbamates (subject to hydrolysis) is 1. The molecule has 1 atom stereocenters. The van der Waals surface area contributed by atoms with Gasteiger partial charge in [0, 0.05) is 31.5 Å². The van der Waals surface area contributed by atoms with Gasteiger partial charge in [-0.25, -0.2) is 9.78 Å². The largest absolute Gasteiger partial charge is 0.444 e. The molecule has 2 N–H and O–H groups in total. The number of carbonyl (C=O) groups excluding carboxylic acids is 1. The summed E-state index contributed by atoms with van der Waals surface area (Å²) in [5, 5.41) is 2.91. The van der Waals surface area contributed by atoms with Crippen LogP contribution in [0.4, 0.5) is 4.79 Å². The molecule has 0 saturated carbocycles. The highest BCUT2D eigenvalue weighted by molar-refractivity contribution is 5.68. The Bertz CT molecular complexity index is 411. The average molecular weight is 266 g/mol. The van der Waals surface area contributed by atoms with Gasteiger partial charge in [-0.05, 0) is 27.2 Å². The first-order chi connectivity index (χ1) is 8.92. The van der Waals surface area contributed by atoms with E-state index in [0.29, 0.717) is 0 Å². The lowest BCUT2D eigenvalue weighted by molar-refractivity contribution is 0.0505. The number of rotatable bonds is 3. The summed E-state index contributed by atoms with van der Waals surface area (Å²) in [4.78, 5) is 21.2. The highest BCUT2D eigenvalue weighted by Gasteiger charge is 2.26. The van der Waals surface area contributed by atoms with Gasteiger partial charge in [0.05, 0.1) is 6.54 Å². The number of amides is 1. The Morgan fingerprint density at radius 3 is 3.05 bits per heavy atom. The van der Waals surface area contributed by atoms with Crippen LogP contribution in [0.3, 0.4) is 0 Å². The summed E-state index contributed by atoms with van der Waals surface area (Å²) >= 11 is 0. The standard InChI is InChI=1S/C13H22N4O2/c1-13(2,3)19-12(18)16-10-4-7-17(8-10)9-11-14-5-6-15-11/h5-6,10H,4,7-9H2,1-3H3,(H,14,15)(H,16,18)/t10-/m0/s1. The number of H-pyrrole nitrogens is 1. The molecule has 1 saturated heterocycles. The summed E-state index contributed by atoms with van der Waals surface area (Å²) in [6, 6.07) is 0.157. The van der Waals surface area contributed by atoms with Crippen LogP contribution in [0.25, 0.3) is 0 Å². The second-order valence-electron chi connectivity index (χ2n) is 5.90. The van der Waals surface area contributed by atoms with Gasteiger partial charge in [-0.3, -0.25) is 4.90 Å². The van der Waals surface area contributed by atoms with Crippen LogP contribution in [0.1, 0.15) is 33.0 Å². The molecule has 106 valence electrons. The van der Waals surface area contributed by atoms with E-state index in [0.717, 1.165) is 31.9 Å². The van der Waals surface area contributed by atoms with Crippen molar-refractivity contribution in [2.45, 2.75) is 45.4 Å². The first-order valence-electron chi connectivity index (χ1n) is 6.62. The minimum Gasteiger partial charge on any atom is -0.444 e. The zero-order valence-electron chi connectivity index (χ0n) is 11.8. The third-order valence-corrected chi connectivity index (χ3v) is 2.92. The molecule has 0 radical (unpaired) electrons. The van der Waals surface area contributed by atoms with Crippen LogP contribution in [-0.2, 0) is 11.3 Å². The first kappa shape index (κ1) is 13.9. The molecule has 0 spiro atoms. The molecular formula is C13H22N4O2. The SMILES string of the molecule is CC(C)(C)OC(=O)N[C@H]1CCN(Cc2ncc[nH]2)C1. The Balaban J connectivity index is 1.74. The summed E-state index contributed by atoms with van der Waals surface area (Å²) in [6.45, 7) is 8.18. The van der Waals surface area contributed by atoms with Gasteiger partial charge in [0.15, 0.2) is 0 Å². The highest BCUT2D eigenvalue weighted by Crippen LogP contribution is 2.13. The first-order valence-corrected chi connectivity index (χ1v) is 6.62. The van der Waals surface area contributed by atoms with Crippen LogP contribution in [0.5, 0.6) is 0 Å². The summed E-state index contributed by atoms with van der Waals surface area (Å²) in [7, 11) is 0. The maximum atomic E-state index is 11.7. The topological polar surface area (TPSA) is 70.2 Å². The number of aromatic nitrogens is 2. The van der Waals surface area contributed by atoms with E-state index in [9.17, 15) is 4.79 Å². The summed E-state index contributed by atoms with van der Waals surface area (Å²) in [6.07, 6.45) is 4.18. The minimum atomic E-state index is -0.448. The third kappa shape index (κ3) is 4.55.